The summed E-state index contributed by atoms with van der Waals surface area (Å²) in [5.74, 6) is -0.684. The number of aromatic carboxylic acids is 1. The number of benzene rings is 1. The Morgan fingerprint density at radius 1 is 1.17 bits per heavy atom. The molecular weight excluding hydrogens is 503 g/mol. The first kappa shape index (κ1) is 24.0. The largest absolute Gasteiger partial charge is 0.476 e. The number of carboxylic acids is 1. The molecule has 1 atom stereocenters. The number of aromatic nitrogens is 4. The molecule has 0 amide bonds. The van der Waals surface area contributed by atoms with Crippen molar-refractivity contribution in [1.82, 2.24) is 19.5 Å². The highest BCUT2D eigenvalue weighted by Gasteiger charge is 2.26. The summed E-state index contributed by atoms with van der Waals surface area (Å²) in [6.45, 7) is 4.82. The molecule has 0 bridgehead atoms. The Labute approximate surface area is 216 Å². The lowest BCUT2D eigenvalue weighted by Gasteiger charge is -2.23. The summed E-state index contributed by atoms with van der Waals surface area (Å²) in [5.41, 5.74) is 4.03. The third-order valence-electron chi connectivity index (χ3n) is 6.24. The van der Waals surface area contributed by atoms with Crippen molar-refractivity contribution in [2.24, 2.45) is 7.05 Å². The van der Waals surface area contributed by atoms with Crippen LogP contribution >= 0.6 is 23.2 Å². The van der Waals surface area contributed by atoms with E-state index < -0.39 is 12.0 Å². The van der Waals surface area contributed by atoms with Gasteiger partial charge in [-0.3, -0.25) is 14.3 Å². The highest BCUT2D eigenvalue weighted by molar-refractivity contribution is 6.30. The topological polar surface area (TPSA) is 113 Å². The maximum Gasteiger partial charge on any atom is 0.356 e. The molecule has 0 fully saturated rings. The number of halogens is 2. The number of hydrogen-bond donors (Lipinski definition) is 2. The molecule has 0 aliphatic carbocycles. The lowest BCUT2D eigenvalue weighted by Crippen LogP contribution is -2.28. The Hall–Kier alpha value is -3.69. The predicted octanol–water partition coefficient (Wildman–Crippen LogP) is 4.73. The molecule has 184 valence electrons. The van der Waals surface area contributed by atoms with Crippen molar-refractivity contribution in [3.63, 3.8) is 0 Å². The number of rotatable bonds is 5. The summed E-state index contributed by atoms with van der Waals surface area (Å²) >= 11 is 12.0. The van der Waals surface area contributed by atoms with Crippen LogP contribution in [0.25, 0.3) is 10.9 Å². The van der Waals surface area contributed by atoms with Gasteiger partial charge in [0.25, 0.3) is 5.56 Å². The van der Waals surface area contributed by atoms with Crippen LogP contribution in [0.2, 0.25) is 10.2 Å². The summed E-state index contributed by atoms with van der Waals surface area (Å²) < 4.78 is 1.54. The first-order valence-electron chi connectivity index (χ1n) is 11.2. The number of anilines is 2. The number of hydrogen-bond acceptors (Lipinski definition) is 7. The van der Waals surface area contributed by atoms with Gasteiger partial charge in [-0.25, -0.2) is 14.8 Å². The van der Waals surface area contributed by atoms with Crippen LogP contribution < -0.4 is 15.8 Å². The van der Waals surface area contributed by atoms with Crippen LogP contribution in [-0.2, 0) is 20.1 Å². The third-order valence-corrected chi connectivity index (χ3v) is 6.66. The first-order valence-corrected chi connectivity index (χ1v) is 11.9. The van der Waals surface area contributed by atoms with E-state index in [-0.39, 0.29) is 16.4 Å². The molecule has 1 aliphatic heterocycles. The third kappa shape index (κ3) is 4.25. The Morgan fingerprint density at radius 2 is 1.94 bits per heavy atom. The molecular formula is C25H22Cl2N6O3. The zero-order chi connectivity index (χ0) is 25.7. The number of nitrogens with zero attached hydrogens (tertiary/aromatic N) is 5. The van der Waals surface area contributed by atoms with Gasteiger partial charge in [-0.15, -0.1) is 0 Å². The van der Waals surface area contributed by atoms with E-state index in [1.807, 2.05) is 36.9 Å². The molecule has 4 heterocycles. The number of pyridine rings is 2. The molecule has 4 aromatic rings. The second-order valence-electron chi connectivity index (χ2n) is 8.84. The van der Waals surface area contributed by atoms with Crippen molar-refractivity contribution in [2.45, 2.75) is 33.0 Å². The van der Waals surface area contributed by atoms with E-state index in [1.54, 1.807) is 23.9 Å². The van der Waals surface area contributed by atoms with Crippen LogP contribution in [-0.4, -0.2) is 30.6 Å². The van der Waals surface area contributed by atoms with Gasteiger partial charge in [0, 0.05) is 25.4 Å². The number of carbonyl (C=O) groups is 1. The van der Waals surface area contributed by atoms with Crippen LogP contribution in [0.1, 0.15) is 45.8 Å². The van der Waals surface area contributed by atoms with Crippen LogP contribution in [0.5, 0.6) is 0 Å². The van der Waals surface area contributed by atoms with Gasteiger partial charge in [-0.2, -0.15) is 0 Å². The monoisotopic (exact) mass is 524 g/mol. The quantitative estimate of drug-likeness (QED) is 0.360. The van der Waals surface area contributed by atoms with Crippen LogP contribution in [0.3, 0.4) is 0 Å². The average Bonchev–Trinajstić information content (AvgIpc) is 3.25. The van der Waals surface area contributed by atoms with E-state index in [2.05, 4.69) is 15.3 Å². The Kier molecular flexibility index (Phi) is 6.05. The Bertz CT molecular complexity index is 1600. The SMILES string of the molecule is Cc1cc([C@@H](C)Nc2ccc(Cl)nc2C(=O)O)c2nc(N3Cc4cc(Cl)cnc4C3)n(C)c(=O)c2c1. The van der Waals surface area contributed by atoms with Gasteiger partial charge in [-0.05, 0) is 49.2 Å². The molecule has 36 heavy (non-hydrogen) atoms. The summed E-state index contributed by atoms with van der Waals surface area (Å²) in [7, 11) is 1.70. The predicted molar refractivity (Wildman–Crippen MR) is 139 cm³/mol. The standard InChI is InChI=1S/C25H22Cl2N6O3/c1-12-6-16(13(2)29-18-4-5-20(27)30-22(18)24(35)36)21-17(7-12)23(34)32(3)25(31-21)33-10-14-8-15(26)9-28-19(14)11-33/h4-9,13,29H,10-11H2,1-3H3,(H,35,36)/t13-/m1/s1. The van der Waals surface area contributed by atoms with Crippen molar-refractivity contribution in [2.75, 3.05) is 10.2 Å². The minimum Gasteiger partial charge on any atom is -0.476 e. The maximum atomic E-state index is 13.4. The van der Waals surface area contributed by atoms with Gasteiger partial charge in [-0.1, -0.05) is 29.3 Å². The molecule has 0 spiro atoms. The molecule has 3 aromatic heterocycles. The smallest absolute Gasteiger partial charge is 0.356 e. The van der Waals surface area contributed by atoms with E-state index in [1.165, 1.54) is 6.07 Å². The van der Waals surface area contributed by atoms with Crippen molar-refractivity contribution in [3.8, 4) is 0 Å². The second-order valence-corrected chi connectivity index (χ2v) is 9.67. The van der Waals surface area contributed by atoms with E-state index in [4.69, 9.17) is 28.2 Å². The number of fused-ring (bicyclic) bond motifs is 2. The molecule has 5 rings (SSSR count). The lowest BCUT2D eigenvalue weighted by molar-refractivity contribution is 0.0691. The Morgan fingerprint density at radius 3 is 2.69 bits per heavy atom. The summed E-state index contributed by atoms with van der Waals surface area (Å²) in [6.07, 6.45) is 1.61. The highest BCUT2D eigenvalue weighted by atomic mass is 35.5. The molecule has 0 radical (unpaired) electrons. The summed E-state index contributed by atoms with van der Waals surface area (Å²) in [6, 6.07) is 8.35. The van der Waals surface area contributed by atoms with E-state index in [9.17, 15) is 14.7 Å². The van der Waals surface area contributed by atoms with Gasteiger partial charge < -0.3 is 15.3 Å². The number of nitrogens with one attached hydrogen (secondary N) is 1. The van der Waals surface area contributed by atoms with Crippen LogP contribution in [0, 0.1) is 6.92 Å². The highest BCUT2D eigenvalue weighted by Crippen LogP contribution is 2.31. The average molecular weight is 525 g/mol. The van der Waals surface area contributed by atoms with Crippen LogP contribution in [0.15, 0.2) is 41.3 Å². The summed E-state index contributed by atoms with van der Waals surface area (Å²) in [5, 5.41) is 13.9. The minimum atomic E-state index is -1.20. The number of aryl methyl sites for hydroxylation is 1. The fourth-order valence-corrected chi connectivity index (χ4v) is 4.88. The van der Waals surface area contributed by atoms with Gasteiger partial charge in [0.15, 0.2) is 5.69 Å². The fraction of sp³-hybridized carbons (Fsp3) is 0.240. The van der Waals surface area contributed by atoms with Crippen LogP contribution in [0.4, 0.5) is 11.6 Å². The fourth-order valence-electron chi connectivity index (χ4n) is 4.55. The molecule has 11 heteroatoms. The lowest BCUT2D eigenvalue weighted by atomic mass is 10.0. The first-order chi connectivity index (χ1) is 17.1. The van der Waals surface area contributed by atoms with E-state index in [0.29, 0.717) is 40.7 Å². The van der Waals surface area contributed by atoms with E-state index >= 15 is 0 Å². The van der Waals surface area contributed by atoms with E-state index in [0.717, 1.165) is 22.4 Å². The van der Waals surface area contributed by atoms with Gasteiger partial charge >= 0.3 is 5.97 Å². The summed E-state index contributed by atoms with van der Waals surface area (Å²) in [4.78, 5) is 40.4. The normalized spacial score (nSPS) is 13.6. The maximum absolute atomic E-state index is 13.4. The Balaban J connectivity index is 1.60. The molecule has 1 aromatic carbocycles. The zero-order valence-electron chi connectivity index (χ0n) is 19.7. The second kappa shape index (κ2) is 9.07. The van der Waals surface area contributed by atoms with Gasteiger partial charge in [0.2, 0.25) is 5.95 Å². The molecule has 9 nitrogen and oxygen atoms in total. The zero-order valence-corrected chi connectivity index (χ0v) is 21.2. The number of carboxylic acid groups (broad SMARTS) is 1. The molecule has 0 saturated heterocycles. The van der Waals surface area contributed by atoms with Gasteiger partial charge in [0.05, 0.1) is 39.9 Å². The van der Waals surface area contributed by atoms with Crippen molar-refractivity contribution in [3.05, 3.63) is 85.1 Å². The molecule has 2 N–H and O–H groups in total. The van der Waals surface area contributed by atoms with Crippen molar-refractivity contribution >= 4 is 51.7 Å². The van der Waals surface area contributed by atoms with Gasteiger partial charge in [0.1, 0.15) is 5.15 Å². The molecule has 0 unspecified atom stereocenters. The van der Waals surface area contributed by atoms with Crippen molar-refractivity contribution < 1.29 is 9.90 Å². The van der Waals surface area contributed by atoms with Crippen molar-refractivity contribution in [1.29, 1.82) is 0 Å². The molecule has 0 saturated carbocycles. The minimum absolute atomic E-state index is 0.0869. The molecule has 1 aliphatic rings.